The van der Waals surface area contributed by atoms with Crippen LogP contribution in [0.2, 0.25) is 5.02 Å². The summed E-state index contributed by atoms with van der Waals surface area (Å²) in [5, 5.41) is 0.375. The van der Waals surface area contributed by atoms with Gasteiger partial charge >= 0.3 is 5.97 Å². The van der Waals surface area contributed by atoms with Gasteiger partial charge in [-0.05, 0) is 24.6 Å². The molecule has 0 unspecified atom stereocenters. The van der Waals surface area contributed by atoms with E-state index in [0.717, 1.165) is 6.42 Å². The van der Waals surface area contributed by atoms with Crippen molar-refractivity contribution < 1.29 is 23.8 Å². The highest BCUT2D eigenvalue weighted by atomic mass is 35.5. The van der Waals surface area contributed by atoms with Crippen molar-refractivity contribution in [3.63, 3.8) is 0 Å². The molecule has 1 atom stereocenters. The number of carbonyl (C=O) groups excluding carboxylic acids is 2. The number of primary amides is 1. The maximum atomic E-state index is 11.7. The van der Waals surface area contributed by atoms with Crippen molar-refractivity contribution in [3.05, 3.63) is 22.7 Å². The molecule has 0 bridgehead atoms. The number of benzene rings is 1. The monoisotopic (exact) mass is 313 g/mol. The normalized spacial score (nSPS) is 15.0. The first kappa shape index (κ1) is 15.4. The maximum absolute atomic E-state index is 11.7. The third-order valence-electron chi connectivity index (χ3n) is 2.92. The molecule has 1 amide bonds. The number of nitrogens with two attached hydrogens (primary N) is 1. The minimum Gasteiger partial charge on any atom is -0.489 e. The summed E-state index contributed by atoms with van der Waals surface area (Å²) in [6.07, 6.45) is -0.236. The number of rotatable bonds is 4. The summed E-state index contributed by atoms with van der Waals surface area (Å²) in [6.45, 7) is 2.47. The third-order valence-corrected chi connectivity index (χ3v) is 3.20. The molecular formula is C14H16ClNO5. The number of esters is 1. The van der Waals surface area contributed by atoms with E-state index in [0.29, 0.717) is 35.3 Å². The van der Waals surface area contributed by atoms with E-state index in [2.05, 4.69) is 0 Å². The van der Waals surface area contributed by atoms with Crippen LogP contribution in [0.1, 0.15) is 18.9 Å². The van der Waals surface area contributed by atoms with Gasteiger partial charge in [-0.1, -0.05) is 11.6 Å². The Morgan fingerprint density at radius 2 is 2.10 bits per heavy atom. The zero-order chi connectivity index (χ0) is 15.4. The van der Waals surface area contributed by atoms with Crippen LogP contribution >= 0.6 is 11.6 Å². The quantitative estimate of drug-likeness (QED) is 0.850. The van der Waals surface area contributed by atoms with Gasteiger partial charge in [0.1, 0.15) is 0 Å². The van der Waals surface area contributed by atoms with E-state index in [1.165, 1.54) is 6.92 Å². The van der Waals surface area contributed by atoms with E-state index in [-0.39, 0.29) is 6.42 Å². The summed E-state index contributed by atoms with van der Waals surface area (Å²) in [6, 6.07) is 3.30. The van der Waals surface area contributed by atoms with E-state index in [9.17, 15) is 9.59 Å². The van der Waals surface area contributed by atoms with Crippen LogP contribution in [-0.2, 0) is 20.7 Å². The smallest absolute Gasteiger partial charge is 0.311 e. The fourth-order valence-corrected chi connectivity index (χ4v) is 2.14. The van der Waals surface area contributed by atoms with Crippen LogP contribution < -0.4 is 15.2 Å². The average molecular weight is 314 g/mol. The standard InChI is InChI=1S/C14H16ClNO5/c1-8(14(16)18)21-12(17)7-9-5-10(15)13-11(6-9)19-3-2-4-20-13/h5-6,8H,2-4,7H2,1H3,(H2,16,18)/t8-/m1/s1. The highest BCUT2D eigenvalue weighted by Crippen LogP contribution is 2.38. The summed E-state index contributed by atoms with van der Waals surface area (Å²) < 4.78 is 15.9. The van der Waals surface area contributed by atoms with Crippen LogP contribution in [0.5, 0.6) is 11.5 Å². The lowest BCUT2D eigenvalue weighted by molar-refractivity contribution is -0.153. The number of ether oxygens (including phenoxy) is 3. The Bertz CT molecular complexity index is 561. The number of fused-ring (bicyclic) bond motifs is 1. The van der Waals surface area contributed by atoms with Crippen LogP contribution in [-0.4, -0.2) is 31.2 Å². The maximum Gasteiger partial charge on any atom is 0.311 e. The van der Waals surface area contributed by atoms with Crippen molar-refractivity contribution in [2.24, 2.45) is 5.73 Å². The van der Waals surface area contributed by atoms with E-state index < -0.39 is 18.0 Å². The van der Waals surface area contributed by atoms with Crippen LogP contribution in [0, 0.1) is 0 Å². The molecule has 2 N–H and O–H groups in total. The summed E-state index contributed by atoms with van der Waals surface area (Å²) in [5.41, 5.74) is 5.65. The molecule has 0 saturated heterocycles. The molecule has 1 aliphatic heterocycles. The van der Waals surface area contributed by atoms with Crippen LogP contribution in [0.4, 0.5) is 0 Å². The molecule has 0 fully saturated rings. The molecule has 6 nitrogen and oxygen atoms in total. The molecule has 1 aromatic rings. The lowest BCUT2D eigenvalue weighted by atomic mass is 10.1. The molecule has 0 spiro atoms. The first-order chi connectivity index (χ1) is 9.97. The molecular weight excluding hydrogens is 298 g/mol. The highest BCUT2D eigenvalue weighted by molar-refractivity contribution is 6.32. The lowest BCUT2D eigenvalue weighted by Gasteiger charge is -2.12. The average Bonchev–Trinajstić information content (AvgIpc) is 2.63. The Morgan fingerprint density at radius 3 is 2.81 bits per heavy atom. The van der Waals surface area contributed by atoms with E-state index in [4.69, 9.17) is 31.5 Å². The predicted octanol–water partition coefficient (Wildman–Crippen LogP) is 1.46. The molecule has 0 aromatic heterocycles. The predicted molar refractivity (Wildman–Crippen MR) is 75.5 cm³/mol. The molecule has 1 aliphatic rings. The SMILES string of the molecule is C[C@@H](OC(=O)Cc1cc(Cl)c2c(c1)OCCCO2)C(N)=O. The summed E-state index contributed by atoms with van der Waals surface area (Å²) in [5.74, 6) is -0.269. The molecule has 7 heteroatoms. The number of hydrogen-bond donors (Lipinski definition) is 1. The summed E-state index contributed by atoms with van der Waals surface area (Å²) in [7, 11) is 0. The van der Waals surface area contributed by atoms with Crippen LogP contribution in [0.25, 0.3) is 0 Å². The Kier molecular flexibility index (Phi) is 4.90. The number of amides is 1. The fourth-order valence-electron chi connectivity index (χ4n) is 1.85. The molecule has 0 aliphatic carbocycles. The minimum atomic E-state index is -0.964. The second-order valence-electron chi connectivity index (χ2n) is 4.67. The summed E-state index contributed by atoms with van der Waals surface area (Å²) in [4.78, 5) is 22.6. The van der Waals surface area contributed by atoms with Crippen molar-refractivity contribution in [3.8, 4) is 11.5 Å². The van der Waals surface area contributed by atoms with Gasteiger partial charge in [0.15, 0.2) is 17.6 Å². The van der Waals surface area contributed by atoms with Crippen molar-refractivity contribution in [1.29, 1.82) is 0 Å². The van der Waals surface area contributed by atoms with Gasteiger partial charge in [-0.3, -0.25) is 9.59 Å². The first-order valence-corrected chi connectivity index (χ1v) is 6.92. The molecule has 2 rings (SSSR count). The molecule has 1 heterocycles. The van der Waals surface area contributed by atoms with Crippen molar-refractivity contribution in [2.75, 3.05) is 13.2 Å². The summed E-state index contributed by atoms with van der Waals surface area (Å²) >= 11 is 6.13. The molecule has 21 heavy (non-hydrogen) atoms. The van der Waals surface area contributed by atoms with Crippen molar-refractivity contribution >= 4 is 23.5 Å². The second kappa shape index (κ2) is 6.67. The van der Waals surface area contributed by atoms with Crippen LogP contribution in [0.3, 0.4) is 0 Å². The Balaban J connectivity index is 2.10. The van der Waals surface area contributed by atoms with Gasteiger partial charge < -0.3 is 19.9 Å². The largest absolute Gasteiger partial charge is 0.489 e. The van der Waals surface area contributed by atoms with E-state index >= 15 is 0 Å². The molecule has 0 saturated carbocycles. The number of carbonyl (C=O) groups is 2. The van der Waals surface area contributed by atoms with Gasteiger partial charge in [-0.15, -0.1) is 0 Å². The molecule has 1 aromatic carbocycles. The van der Waals surface area contributed by atoms with Gasteiger partial charge in [0.2, 0.25) is 0 Å². The Morgan fingerprint density at radius 1 is 1.38 bits per heavy atom. The lowest BCUT2D eigenvalue weighted by Crippen LogP contribution is -2.30. The van der Waals surface area contributed by atoms with E-state index in [1.54, 1.807) is 12.1 Å². The van der Waals surface area contributed by atoms with Gasteiger partial charge in [-0.25, -0.2) is 0 Å². The zero-order valence-electron chi connectivity index (χ0n) is 11.6. The first-order valence-electron chi connectivity index (χ1n) is 6.54. The third kappa shape index (κ3) is 4.01. The molecule has 0 radical (unpaired) electrons. The van der Waals surface area contributed by atoms with Crippen molar-refractivity contribution in [2.45, 2.75) is 25.9 Å². The van der Waals surface area contributed by atoms with Crippen LogP contribution in [0.15, 0.2) is 12.1 Å². The Labute approximate surface area is 127 Å². The zero-order valence-corrected chi connectivity index (χ0v) is 12.3. The number of hydrogen-bond acceptors (Lipinski definition) is 5. The Hall–Kier alpha value is -1.95. The van der Waals surface area contributed by atoms with Gasteiger partial charge in [-0.2, -0.15) is 0 Å². The molecule has 114 valence electrons. The topological polar surface area (TPSA) is 87.8 Å². The van der Waals surface area contributed by atoms with E-state index in [1.807, 2.05) is 0 Å². The van der Waals surface area contributed by atoms with Gasteiger partial charge in [0.05, 0.1) is 24.7 Å². The van der Waals surface area contributed by atoms with Gasteiger partial charge in [0.25, 0.3) is 5.91 Å². The van der Waals surface area contributed by atoms with Crippen molar-refractivity contribution in [1.82, 2.24) is 0 Å². The number of halogens is 1. The minimum absolute atomic E-state index is 0.0337. The second-order valence-corrected chi connectivity index (χ2v) is 5.07. The fraction of sp³-hybridized carbons (Fsp3) is 0.429. The highest BCUT2D eigenvalue weighted by Gasteiger charge is 2.19. The van der Waals surface area contributed by atoms with Gasteiger partial charge in [0, 0.05) is 6.42 Å².